The number of hydrogen-bond acceptors (Lipinski definition) is 5. The maximum Gasteiger partial charge on any atom is 0.419 e. The lowest BCUT2D eigenvalue weighted by molar-refractivity contribution is -0.140. The molecule has 0 saturated heterocycles. The van der Waals surface area contributed by atoms with E-state index in [0.29, 0.717) is 25.1 Å². The Hall–Kier alpha value is -1.85. The second-order valence-electron chi connectivity index (χ2n) is 5.12. The standard InChI is InChI=1S/C13H20N2O4/c1-13(2,3)19-12(17)15-9-8-14-10(15)6-5-7-11(16)18-4/h8-9H,5-7H2,1-4H3. The molecule has 0 radical (unpaired) electrons. The lowest BCUT2D eigenvalue weighted by atomic mass is 10.2. The summed E-state index contributed by atoms with van der Waals surface area (Å²) < 4.78 is 11.2. The molecule has 6 nitrogen and oxygen atoms in total. The Bertz CT molecular complexity index is 446. The number of rotatable bonds is 4. The van der Waals surface area contributed by atoms with Crippen LogP contribution in [0.2, 0.25) is 0 Å². The number of aryl methyl sites for hydroxylation is 1. The van der Waals surface area contributed by atoms with Gasteiger partial charge >= 0.3 is 12.1 Å². The first-order valence-electron chi connectivity index (χ1n) is 6.16. The molecule has 0 atom stereocenters. The van der Waals surface area contributed by atoms with Crippen LogP contribution in [0.1, 0.15) is 39.4 Å². The Morgan fingerprint density at radius 1 is 1.37 bits per heavy atom. The van der Waals surface area contributed by atoms with E-state index >= 15 is 0 Å². The number of esters is 1. The number of carbonyl (C=O) groups is 2. The Kier molecular flexibility index (Phi) is 5.09. The highest BCUT2D eigenvalue weighted by molar-refractivity contribution is 5.71. The van der Waals surface area contributed by atoms with Crippen LogP contribution in [-0.2, 0) is 20.7 Å². The zero-order valence-corrected chi connectivity index (χ0v) is 11.8. The fourth-order valence-electron chi connectivity index (χ4n) is 1.49. The van der Waals surface area contributed by atoms with Crippen LogP contribution in [0.4, 0.5) is 4.79 Å². The van der Waals surface area contributed by atoms with Crippen molar-refractivity contribution in [3.63, 3.8) is 0 Å². The van der Waals surface area contributed by atoms with E-state index in [-0.39, 0.29) is 5.97 Å². The van der Waals surface area contributed by atoms with E-state index in [0.717, 1.165) is 0 Å². The van der Waals surface area contributed by atoms with Crippen LogP contribution in [0.5, 0.6) is 0 Å². The number of methoxy groups -OCH3 is 1. The van der Waals surface area contributed by atoms with E-state index in [4.69, 9.17) is 4.74 Å². The second kappa shape index (κ2) is 6.36. The number of ether oxygens (including phenoxy) is 2. The van der Waals surface area contributed by atoms with E-state index in [1.807, 2.05) is 0 Å². The molecule has 0 aliphatic carbocycles. The molecule has 1 rings (SSSR count). The molecule has 0 aliphatic heterocycles. The maximum atomic E-state index is 11.9. The summed E-state index contributed by atoms with van der Waals surface area (Å²) in [6.45, 7) is 5.41. The molecule has 0 aliphatic rings. The molecule has 6 heteroatoms. The summed E-state index contributed by atoms with van der Waals surface area (Å²) in [7, 11) is 1.35. The number of nitrogens with zero attached hydrogens (tertiary/aromatic N) is 2. The minimum atomic E-state index is -0.551. The first-order valence-corrected chi connectivity index (χ1v) is 6.16. The summed E-state index contributed by atoms with van der Waals surface area (Å²) in [5.74, 6) is 0.313. The average molecular weight is 268 g/mol. The highest BCUT2D eigenvalue weighted by atomic mass is 16.6. The summed E-state index contributed by atoms with van der Waals surface area (Å²) in [5.41, 5.74) is -0.551. The van der Waals surface area contributed by atoms with Gasteiger partial charge in [0.15, 0.2) is 0 Å². The van der Waals surface area contributed by atoms with Crippen molar-refractivity contribution in [1.82, 2.24) is 9.55 Å². The van der Waals surface area contributed by atoms with Gasteiger partial charge in [0, 0.05) is 25.2 Å². The third-order valence-electron chi connectivity index (χ3n) is 2.32. The molecule has 0 bridgehead atoms. The van der Waals surface area contributed by atoms with Gasteiger partial charge in [-0.15, -0.1) is 0 Å². The van der Waals surface area contributed by atoms with E-state index in [9.17, 15) is 9.59 Å². The minimum Gasteiger partial charge on any atom is -0.469 e. The third kappa shape index (κ3) is 5.11. The lowest BCUT2D eigenvalue weighted by Crippen LogP contribution is -2.27. The highest BCUT2D eigenvalue weighted by Gasteiger charge is 2.19. The van der Waals surface area contributed by atoms with Crippen LogP contribution >= 0.6 is 0 Å². The van der Waals surface area contributed by atoms with E-state index in [1.165, 1.54) is 17.9 Å². The molecule has 1 heterocycles. The molecular weight excluding hydrogens is 248 g/mol. The lowest BCUT2D eigenvalue weighted by Gasteiger charge is -2.20. The van der Waals surface area contributed by atoms with Crippen LogP contribution in [0, 0.1) is 0 Å². The summed E-state index contributed by atoms with van der Waals surface area (Å²) in [5, 5.41) is 0. The molecule has 0 N–H and O–H groups in total. The van der Waals surface area contributed by atoms with Crippen molar-refractivity contribution < 1.29 is 19.1 Å². The molecule has 19 heavy (non-hydrogen) atoms. The Morgan fingerprint density at radius 3 is 2.63 bits per heavy atom. The molecule has 0 unspecified atom stereocenters. The monoisotopic (exact) mass is 268 g/mol. The first-order chi connectivity index (χ1) is 8.83. The van der Waals surface area contributed by atoms with Crippen molar-refractivity contribution in [2.45, 2.75) is 45.6 Å². The van der Waals surface area contributed by atoms with Gasteiger partial charge in [-0.3, -0.25) is 4.79 Å². The van der Waals surface area contributed by atoms with E-state index < -0.39 is 11.7 Å². The Balaban J connectivity index is 2.60. The van der Waals surface area contributed by atoms with Crippen LogP contribution in [0.3, 0.4) is 0 Å². The van der Waals surface area contributed by atoms with Gasteiger partial charge in [-0.25, -0.2) is 14.3 Å². The van der Waals surface area contributed by atoms with Gasteiger partial charge in [-0.2, -0.15) is 0 Å². The predicted molar refractivity (Wildman–Crippen MR) is 68.8 cm³/mol. The molecular formula is C13H20N2O4. The number of aromatic nitrogens is 2. The predicted octanol–water partition coefficient (Wildman–Crippen LogP) is 2.16. The number of hydrogen-bond donors (Lipinski definition) is 0. The quantitative estimate of drug-likeness (QED) is 0.782. The van der Waals surface area contributed by atoms with E-state index in [2.05, 4.69) is 9.72 Å². The number of imidazole rings is 1. The van der Waals surface area contributed by atoms with Crippen LogP contribution in [0.15, 0.2) is 12.4 Å². The molecule has 1 aromatic heterocycles. The summed E-state index contributed by atoms with van der Waals surface area (Å²) in [6, 6.07) is 0. The number of carbonyl (C=O) groups excluding carboxylic acids is 2. The minimum absolute atomic E-state index is 0.268. The van der Waals surface area contributed by atoms with Gasteiger partial charge in [0.2, 0.25) is 0 Å². The van der Waals surface area contributed by atoms with Crippen molar-refractivity contribution in [3.8, 4) is 0 Å². The normalized spacial score (nSPS) is 11.2. The summed E-state index contributed by atoms with van der Waals surface area (Å²) >= 11 is 0. The summed E-state index contributed by atoms with van der Waals surface area (Å²) in [6.07, 6.45) is 4.03. The molecule has 0 aromatic carbocycles. The maximum absolute atomic E-state index is 11.9. The van der Waals surface area contributed by atoms with Crippen molar-refractivity contribution in [1.29, 1.82) is 0 Å². The van der Waals surface area contributed by atoms with Crippen LogP contribution in [0.25, 0.3) is 0 Å². The van der Waals surface area contributed by atoms with Gasteiger partial charge in [0.25, 0.3) is 0 Å². The zero-order valence-electron chi connectivity index (χ0n) is 11.8. The Labute approximate surface area is 112 Å². The molecule has 1 aromatic rings. The largest absolute Gasteiger partial charge is 0.469 e. The van der Waals surface area contributed by atoms with Gasteiger partial charge in [0.1, 0.15) is 11.4 Å². The van der Waals surface area contributed by atoms with Gasteiger partial charge in [-0.1, -0.05) is 0 Å². The van der Waals surface area contributed by atoms with Crippen molar-refractivity contribution >= 4 is 12.1 Å². The molecule has 0 spiro atoms. The smallest absolute Gasteiger partial charge is 0.419 e. The molecule has 0 fully saturated rings. The SMILES string of the molecule is COC(=O)CCCc1nccn1C(=O)OC(C)(C)C. The molecule has 0 saturated carbocycles. The average Bonchev–Trinajstić information content (AvgIpc) is 2.75. The Morgan fingerprint density at radius 2 is 2.05 bits per heavy atom. The molecule has 0 amide bonds. The van der Waals surface area contributed by atoms with Crippen LogP contribution in [-0.4, -0.2) is 34.3 Å². The third-order valence-corrected chi connectivity index (χ3v) is 2.32. The van der Waals surface area contributed by atoms with Gasteiger partial charge < -0.3 is 9.47 Å². The van der Waals surface area contributed by atoms with Crippen molar-refractivity contribution in [2.24, 2.45) is 0 Å². The van der Waals surface area contributed by atoms with Gasteiger partial charge in [0.05, 0.1) is 7.11 Å². The van der Waals surface area contributed by atoms with Crippen molar-refractivity contribution in [3.05, 3.63) is 18.2 Å². The zero-order chi connectivity index (χ0) is 14.5. The fourth-order valence-corrected chi connectivity index (χ4v) is 1.49. The summed E-state index contributed by atoms with van der Waals surface area (Å²) in [4.78, 5) is 27.0. The fraction of sp³-hybridized carbons (Fsp3) is 0.615. The molecule has 106 valence electrons. The van der Waals surface area contributed by atoms with E-state index in [1.54, 1.807) is 27.0 Å². The second-order valence-corrected chi connectivity index (χ2v) is 5.12. The first kappa shape index (κ1) is 15.2. The van der Waals surface area contributed by atoms with Gasteiger partial charge in [-0.05, 0) is 27.2 Å². The topological polar surface area (TPSA) is 70.4 Å². The highest BCUT2D eigenvalue weighted by Crippen LogP contribution is 2.11. The van der Waals surface area contributed by atoms with Crippen molar-refractivity contribution in [2.75, 3.05) is 7.11 Å². The van der Waals surface area contributed by atoms with Crippen LogP contribution < -0.4 is 0 Å².